The Morgan fingerprint density at radius 1 is 1.30 bits per heavy atom. The zero-order chi connectivity index (χ0) is 8.15. The van der Waals surface area contributed by atoms with E-state index in [2.05, 4.69) is 38.3 Å². The quantitative estimate of drug-likeness (QED) is 0.498. The number of nitrogens with one attached hydrogen (secondary N) is 1. The van der Waals surface area contributed by atoms with Crippen molar-refractivity contribution in [2.24, 2.45) is 0 Å². The molecule has 0 aromatic rings. The Kier molecular flexibility index (Phi) is 5.13. The highest BCUT2D eigenvalue weighted by Crippen LogP contribution is 2.17. The third-order valence-electron chi connectivity index (χ3n) is 1.37. The van der Waals surface area contributed by atoms with Crippen molar-refractivity contribution in [1.29, 1.82) is 0 Å². The average Bonchev–Trinajstić information content (AvgIpc) is 1.85. The van der Waals surface area contributed by atoms with Gasteiger partial charge in [0.1, 0.15) is 0 Å². The van der Waals surface area contributed by atoms with E-state index in [-0.39, 0.29) is 0 Å². The molecule has 1 unspecified atom stereocenters. The molecule has 10 heavy (non-hydrogen) atoms. The van der Waals surface area contributed by atoms with E-state index in [1.165, 1.54) is 0 Å². The lowest BCUT2D eigenvalue weighted by Gasteiger charge is -2.24. The molecule has 0 spiro atoms. The molecule has 0 saturated carbocycles. The molecule has 0 aliphatic carbocycles. The van der Waals surface area contributed by atoms with E-state index in [0.29, 0.717) is 10.6 Å². The second-order valence-electron chi connectivity index (χ2n) is 2.62. The Balaban J connectivity index is 3.50. The first-order valence-corrected chi connectivity index (χ1v) is 4.58. The molecule has 0 rings (SSSR count). The lowest BCUT2D eigenvalue weighted by Crippen LogP contribution is -2.37. The molecule has 0 fully saturated rings. The molecule has 0 aliphatic rings. The average molecular weight is 162 g/mol. The van der Waals surface area contributed by atoms with Crippen LogP contribution in [0, 0.1) is 0 Å². The van der Waals surface area contributed by atoms with Gasteiger partial charge in [-0.15, -0.1) is 11.8 Å². The molecule has 0 saturated heterocycles. The summed E-state index contributed by atoms with van der Waals surface area (Å²) in [6, 6.07) is 0. The Morgan fingerprint density at radius 3 is 2.10 bits per heavy atom. The van der Waals surface area contributed by atoms with Gasteiger partial charge in [0.05, 0.1) is 5.37 Å². The topological polar surface area (TPSA) is 15.3 Å². The fraction of sp³-hybridized carbons (Fsp3) is 1.00. The van der Waals surface area contributed by atoms with Crippen LogP contribution < -0.4 is 5.43 Å². The molecule has 0 aromatic carbocycles. The van der Waals surface area contributed by atoms with Gasteiger partial charge in [0.25, 0.3) is 0 Å². The van der Waals surface area contributed by atoms with E-state index < -0.39 is 0 Å². The van der Waals surface area contributed by atoms with Gasteiger partial charge in [-0.25, -0.2) is 5.01 Å². The molecule has 0 bridgehead atoms. The summed E-state index contributed by atoms with van der Waals surface area (Å²) >= 11 is 1.95. The van der Waals surface area contributed by atoms with Gasteiger partial charge in [-0.1, -0.05) is 13.8 Å². The molecule has 2 nitrogen and oxygen atoms in total. The van der Waals surface area contributed by atoms with Gasteiger partial charge >= 0.3 is 0 Å². The van der Waals surface area contributed by atoms with Gasteiger partial charge in [0.2, 0.25) is 0 Å². The highest BCUT2D eigenvalue weighted by atomic mass is 32.2. The monoisotopic (exact) mass is 162 g/mol. The first-order valence-electron chi connectivity index (χ1n) is 3.63. The van der Waals surface area contributed by atoms with E-state index in [0.717, 1.165) is 0 Å². The van der Waals surface area contributed by atoms with Crippen LogP contribution in [0.1, 0.15) is 20.8 Å². The summed E-state index contributed by atoms with van der Waals surface area (Å²) in [5.74, 6) is 0. The van der Waals surface area contributed by atoms with Crippen molar-refractivity contribution in [1.82, 2.24) is 10.4 Å². The molecule has 0 heterocycles. The van der Waals surface area contributed by atoms with E-state index in [9.17, 15) is 0 Å². The van der Waals surface area contributed by atoms with Crippen molar-refractivity contribution in [2.75, 3.05) is 14.1 Å². The second-order valence-corrected chi connectivity index (χ2v) is 4.52. The van der Waals surface area contributed by atoms with Crippen molar-refractivity contribution in [2.45, 2.75) is 31.4 Å². The largest absolute Gasteiger partial charge is 0.258 e. The third kappa shape index (κ3) is 4.14. The Morgan fingerprint density at radius 2 is 1.80 bits per heavy atom. The van der Waals surface area contributed by atoms with E-state index >= 15 is 0 Å². The third-order valence-corrected chi connectivity index (χ3v) is 2.62. The van der Waals surface area contributed by atoms with Crippen molar-refractivity contribution < 1.29 is 0 Å². The lowest BCUT2D eigenvalue weighted by molar-refractivity contribution is 0.253. The molecular formula is C7H18N2S. The van der Waals surface area contributed by atoms with Crippen LogP contribution in [0.4, 0.5) is 0 Å². The normalized spacial score (nSPS) is 14.7. The summed E-state index contributed by atoms with van der Waals surface area (Å²) in [4.78, 5) is 0. The van der Waals surface area contributed by atoms with E-state index in [1.54, 1.807) is 0 Å². The number of hydrazine groups is 1. The number of hydrogen-bond donors (Lipinski definition) is 1. The Labute approximate surface area is 68.3 Å². The highest BCUT2D eigenvalue weighted by molar-refractivity contribution is 8.00. The minimum absolute atomic E-state index is 0.546. The maximum absolute atomic E-state index is 3.08. The van der Waals surface area contributed by atoms with E-state index in [4.69, 9.17) is 0 Å². The molecule has 0 aromatic heterocycles. The van der Waals surface area contributed by atoms with Crippen LogP contribution in [0.15, 0.2) is 0 Å². The predicted molar refractivity (Wildman–Crippen MR) is 49.0 cm³/mol. The number of rotatable bonds is 4. The molecule has 0 amide bonds. The van der Waals surface area contributed by atoms with Gasteiger partial charge in [-0.2, -0.15) is 0 Å². The molecule has 62 valence electrons. The van der Waals surface area contributed by atoms with Gasteiger partial charge in [0, 0.05) is 12.3 Å². The zero-order valence-corrected chi connectivity index (χ0v) is 8.33. The number of hydrogen-bond acceptors (Lipinski definition) is 3. The smallest absolute Gasteiger partial charge is 0.0667 e. The summed E-state index contributed by atoms with van der Waals surface area (Å²) in [6.07, 6.45) is 0. The summed E-state index contributed by atoms with van der Waals surface area (Å²) in [7, 11) is 4.00. The van der Waals surface area contributed by atoms with Gasteiger partial charge in [-0.3, -0.25) is 5.43 Å². The van der Waals surface area contributed by atoms with Gasteiger partial charge < -0.3 is 0 Å². The fourth-order valence-corrected chi connectivity index (χ4v) is 1.74. The summed E-state index contributed by atoms with van der Waals surface area (Å²) in [5, 5.41) is 3.35. The summed E-state index contributed by atoms with van der Waals surface area (Å²) in [5.41, 5.74) is 3.08. The van der Waals surface area contributed by atoms with Crippen LogP contribution in [-0.2, 0) is 0 Å². The van der Waals surface area contributed by atoms with E-state index in [1.807, 2.05) is 18.8 Å². The van der Waals surface area contributed by atoms with Crippen LogP contribution >= 0.6 is 11.8 Å². The summed E-state index contributed by atoms with van der Waals surface area (Å²) in [6.45, 7) is 6.62. The first-order chi connectivity index (χ1) is 4.57. The Hall–Kier alpha value is 0.270. The van der Waals surface area contributed by atoms with Crippen LogP contribution in [0.3, 0.4) is 0 Å². The van der Waals surface area contributed by atoms with Crippen LogP contribution in [0.25, 0.3) is 0 Å². The van der Waals surface area contributed by atoms with Crippen molar-refractivity contribution >= 4 is 11.8 Å². The van der Waals surface area contributed by atoms with Crippen molar-refractivity contribution in [3.05, 3.63) is 0 Å². The molecule has 1 atom stereocenters. The van der Waals surface area contributed by atoms with Gasteiger partial charge in [-0.05, 0) is 14.0 Å². The molecule has 0 radical (unpaired) electrons. The minimum Gasteiger partial charge on any atom is -0.258 e. The van der Waals surface area contributed by atoms with Crippen molar-refractivity contribution in [3.8, 4) is 0 Å². The maximum atomic E-state index is 3.08. The van der Waals surface area contributed by atoms with Crippen LogP contribution in [0.5, 0.6) is 0 Å². The number of thioether (sulfide) groups is 1. The maximum Gasteiger partial charge on any atom is 0.0667 e. The molecule has 1 N–H and O–H groups in total. The first kappa shape index (κ1) is 10.3. The number of nitrogens with zero attached hydrogens (tertiary/aromatic N) is 1. The molecule has 3 heteroatoms. The minimum atomic E-state index is 0.546. The van der Waals surface area contributed by atoms with Crippen LogP contribution in [0.2, 0.25) is 0 Å². The van der Waals surface area contributed by atoms with Gasteiger partial charge in [0.15, 0.2) is 0 Å². The predicted octanol–water partition coefficient (Wildman–Crippen LogP) is 1.54. The molecular weight excluding hydrogens is 144 g/mol. The standard InChI is InChI=1S/C7H18N2S/c1-6(2)10-7(3)9(5)8-4/h6-8H,1-5H3. The zero-order valence-electron chi connectivity index (χ0n) is 7.51. The second kappa shape index (κ2) is 4.99. The highest BCUT2D eigenvalue weighted by Gasteiger charge is 2.08. The summed E-state index contributed by atoms with van der Waals surface area (Å²) < 4.78 is 0. The van der Waals surface area contributed by atoms with Crippen molar-refractivity contribution in [3.63, 3.8) is 0 Å². The SMILES string of the molecule is CNN(C)C(C)SC(C)C. The lowest BCUT2D eigenvalue weighted by atomic mass is 10.6. The van der Waals surface area contributed by atoms with Crippen LogP contribution in [-0.4, -0.2) is 29.7 Å². The Bertz CT molecular complexity index is 85.7. The molecule has 0 aliphatic heterocycles. The fourth-order valence-electron chi connectivity index (χ4n) is 0.667.